The third kappa shape index (κ3) is 4.99. The molecule has 2 heterocycles. The Bertz CT molecular complexity index is 1050. The molecule has 162 valence electrons. The largest absolute Gasteiger partial charge is 0.416 e. The van der Waals surface area contributed by atoms with Gasteiger partial charge in [-0.05, 0) is 61.4 Å². The SMILES string of the molecule is O=C(Nc1ccc(C(F)(F)F)cc1)N1CCCC(c2nc(-c3ccc(Cl)cc3)no2)C1. The Kier molecular flexibility index (Phi) is 5.86. The van der Waals surface area contributed by atoms with Crippen LogP contribution in [0.2, 0.25) is 5.02 Å². The molecule has 10 heteroatoms. The second kappa shape index (κ2) is 8.58. The van der Waals surface area contributed by atoms with Crippen molar-refractivity contribution >= 4 is 23.3 Å². The van der Waals surface area contributed by atoms with Crippen LogP contribution in [-0.4, -0.2) is 34.2 Å². The molecule has 1 aliphatic rings. The molecular weight excluding hydrogens is 433 g/mol. The molecule has 0 aliphatic carbocycles. The first-order chi connectivity index (χ1) is 14.8. The van der Waals surface area contributed by atoms with Crippen LogP contribution in [0.3, 0.4) is 0 Å². The van der Waals surface area contributed by atoms with Crippen LogP contribution < -0.4 is 5.32 Å². The quantitative estimate of drug-likeness (QED) is 0.545. The van der Waals surface area contributed by atoms with E-state index in [2.05, 4.69) is 15.5 Å². The molecule has 1 N–H and O–H groups in total. The zero-order valence-corrected chi connectivity index (χ0v) is 17.0. The number of carbonyl (C=O) groups excluding carboxylic acids is 1. The maximum atomic E-state index is 12.7. The Morgan fingerprint density at radius 1 is 1.13 bits per heavy atom. The van der Waals surface area contributed by atoms with Crippen molar-refractivity contribution in [2.45, 2.75) is 24.9 Å². The molecule has 0 saturated carbocycles. The summed E-state index contributed by atoms with van der Waals surface area (Å²) in [7, 11) is 0. The maximum Gasteiger partial charge on any atom is 0.416 e. The molecule has 1 fully saturated rings. The van der Waals surface area contributed by atoms with E-state index in [0.29, 0.717) is 35.5 Å². The lowest BCUT2D eigenvalue weighted by atomic mass is 9.98. The molecule has 1 aliphatic heterocycles. The van der Waals surface area contributed by atoms with Crippen LogP contribution in [0.25, 0.3) is 11.4 Å². The lowest BCUT2D eigenvalue weighted by Crippen LogP contribution is -2.41. The minimum Gasteiger partial charge on any atom is -0.339 e. The summed E-state index contributed by atoms with van der Waals surface area (Å²) in [6.45, 7) is 0.899. The molecular formula is C21H18ClF3N4O2. The number of alkyl halides is 3. The highest BCUT2D eigenvalue weighted by Crippen LogP contribution is 2.31. The summed E-state index contributed by atoms with van der Waals surface area (Å²) in [4.78, 5) is 18.7. The predicted molar refractivity (Wildman–Crippen MR) is 109 cm³/mol. The topological polar surface area (TPSA) is 71.3 Å². The molecule has 1 saturated heterocycles. The molecule has 4 rings (SSSR count). The molecule has 2 amide bonds. The van der Waals surface area contributed by atoms with Crippen molar-refractivity contribution in [3.63, 3.8) is 0 Å². The van der Waals surface area contributed by atoms with Crippen molar-refractivity contribution in [2.24, 2.45) is 0 Å². The molecule has 6 nitrogen and oxygen atoms in total. The number of rotatable bonds is 3. The minimum absolute atomic E-state index is 0.124. The van der Waals surface area contributed by atoms with Gasteiger partial charge in [0.15, 0.2) is 0 Å². The number of aromatic nitrogens is 2. The normalized spacial score (nSPS) is 16.9. The first kappa shape index (κ1) is 21.2. The van der Waals surface area contributed by atoms with E-state index in [1.807, 2.05) is 0 Å². The monoisotopic (exact) mass is 450 g/mol. The van der Waals surface area contributed by atoms with Crippen LogP contribution in [0.1, 0.15) is 30.2 Å². The Balaban J connectivity index is 1.40. The molecule has 0 bridgehead atoms. The van der Waals surface area contributed by atoms with Crippen LogP contribution >= 0.6 is 11.6 Å². The fourth-order valence-electron chi connectivity index (χ4n) is 3.43. The molecule has 0 spiro atoms. The Morgan fingerprint density at radius 3 is 2.52 bits per heavy atom. The van der Waals surface area contributed by atoms with Crippen molar-refractivity contribution in [1.82, 2.24) is 15.0 Å². The van der Waals surface area contributed by atoms with Gasteiger partial charge >= 0.3 is 12.2 Å². The van der Waals surface area contributed by atoms with Gasteiger partial charge in [-0.2, -0.15) is 18.2 Å². The second-order valence-corrected chi connectivity index (χ2v) is 7.69. The van der Waals surface area contributed by atoms with Gasteiger partial charge in [0.05, 0.1) is 11.5 Å². The van der Waals surface area contributed by atoms with Crippen LogP contribution in [0.4, 0.5) is 23.7 Å². The van der Waals surface area contributed by atoms with E-state index in [1.54, 1.807) is 29.2 Å². The fourth-order valence-corrected chi connectivity index (χ4v) is 3.55. The summed E-state index contributed by atoms with van der Waals surface area (Å²) in [6, 6.07) is 11.0. The van der Waals surface area contributed by atoms with E-state index in [4.69, 9.17) is 16.1 Å². The van der Waals surface area contributed by atoms with Crippen LogP contribution in [-0.2, 0) is 6.18 Å². The van der Waals surface area contributed by atoms with Gasteiger partial charge in [-0.3, -0.25) is 0 Å². The zero-order chi connectivity index (χ0) is 22.0. The Labute approximate surface area is 181 Å². The zero-order valence-electron chi connectivity index (χ0n) is 16.2. The van der Waals surface area contributed by atoms with Gasteiger partial charge in [-0.15, -0.1) is 0 Å². The van der Waals surface area contributed by atoms with Crippen molar-refractivity contribution < 1.29 is 22.5 Å². The standard InChI is InChI=1S/C21H18ClF3N4O2/c22-16-7-3-13(4-8-16)18-27-19(31-28-18)14-2-1-11-29(12-14)20(30)26-17-9-5-15(6-10-17)21(23,24)25/h3-10,14H,1-2,11-12H2,(H,26,30). The number of amides is 2. The van der Waals surface area contributed by atoms with Crippen molar-refractivity contribution in [3.8, 4) is 11.4 Å². The number of likely N-dealkylation sites (tertiary alicyclic amines) is 1. The first-order valence-corrected chi connectivity index (χ1v) is 10.00. The number of benzene rings is 2. The van der Waals surface area contributed by atoms with Gasteiger partial charge < -0.3 is 14.7 Å². The highest BCUT2D eigenvalue weighted by Gasteiger charge is 2.31. The fraction of sp³-hybridized carbons (Fsp3) is 0.286. The number of carbonyl (C=O) groups is 1. The number of halogens is 4. The number of urea groups is 1. The van der Waals surface area contributed by atoms with Crippen molar-refractivity contribution in [1.29, 1.82) is 0 Å². The lowest BCUT2D eigenvalue weighted by molar-refractivity contribution is -0.137. The predicted octanol–water partition coefficient (Wildman–Crippen LogP) is 5.82. The van der Waals surface area contributed by atoms with Crippen molar-refractivity contribution in [2.75, 3.05) is 18.4 Å². The maximum absolute atomic E-state index is 12.7. The van der Waals surface area contributed by atoms with E-state index in [9.17, 15) is 18.0 Å². The van der Waals surface area contributed by atoms with Gasteiger partial charge in [0, 0.05) is 29.4 Å². The minimum atomic E-state index is -4.42. The summed E-state index contributed by atoms with van der Waals surface area (Å²) in [5.74, 6) is 0.760. The van der Waals surface area contributed by atoms with Crippen LogP contribution in [0.5, 0.6) is 0 Å². The molecule has 1 unspecified atom stereocenters. The summed E-state index contributed by atoms with van der Waals surface area (Å²) >= 11 is 5.90. The number of hydrogen-bond acceptors (Lipinski definition) is 4. The summed E-state index contributed by atoms with van der Waals surface area (Å²) in [5.41, 5.74) is 0.298. The van der Waals surface area contributed by atoms with E-state index in [1.165, 1.54) is 12.1 Å². The Hall–Kier alpha value is -3.07. The highest BCUT2D eigenvalue weighted by molar-refractivity contribution is 6.30. The summed E-state index contributed by atoms with van der Waals surface area (Å²) in [6.07, 6.45) is -2.90. The number of nitrogens with one attached hydrogen (secondary N) is 1. The second-order valence-electron chi connectivity index (χ2n) is 7.25. The molecule has 1 aromatic heterocycles. The average molecular weight is 451 g/mol. The van der Waals surface area contributed by atoms with E-state index < -0.39 is 11.7 Å². The van der Waals surface area contributed by atoms with Gasteiger partial charge in [0.25, 0.3) is 0 Å². The average Bonchev–Trinajstić information content (AvgIpc) is 3.24. The third-order valence-corrected chi connectivity index (χ3v) is 5.32. The van der Waals surface area contributed by atoms with Crippen LogP contribution in [0.15, 0.2) is 53.1 Å². The van der Waals surface area contributed by atoms with Gasteiger partial charge in [0.2, 0.25) is 11.7 Å². The van der Waals surface area contributed by atoms with Crippen molar-refractivity contribution in [3.05, 3.63) is 65.0 Å². The summed E-state index contributed by atoms with van der Waals surface area (Å²) < 4.78 is 43.5. The first-order valence-electron chi connectivity index (χ1n) is 9.62. The molecule has 31 heavy (non-hydrogen) atoms. The van der Waals surface area contributed by atoms with E-state index in [0.717, 1.165) is 30.5 Å². The van der Waals surface area contributed by atoms with Gasteiger partial charge in [-0.25, -0.2) is 4.79 Å². The Morgan fingerprint density at radius 2 is 1.84 bits per heavy atom. The smallest absolute Gasteiger partial charge is 0.339 e. The molecule has 1 atom stereocenters. The van der Waals surface area contributed by atoms with Gasteiger partial charge in [0.1, 0.15) is 0 Å². The number of anilines is 1. The van der Waals surface area contributed by atoms with Crippen LogP contribution in [0, 0.1) is 0 Å². The number of piperidine rings is 1. The summed E-state index contributed by atoms with van der Waals surface area (Å²) in [5, 5.41) is 7.26. The molecule has 0 radical (unpaired) electrons. The molecule has 2 aromatic carbocycles. The van der Waals surface area contributed by atoms with E-state index >= 15 is 0 Å². The van der Waals surface area contributed by atoms with Gasteiger partial charge in [-0.1, -0.05) is 16.8 Å². The van der Waals surface area contributed by atoms with E-state index in [-0.39, 0.29) is 11.9 Å². The molecule has 3 aromatic rings. The number of hydrogen-bond donors (Lipinski definition) is 1. The number of nitrogens with zero attached hydrogens (tertiary/aromatic N) is 3. The third-order valence-electron chi connectivity index (χ3n) is 5.07. The lowest BCUT2D eigenvalue weighted by Gasteiger charge is -2.31. The highest BCUT2D eigenvalue weighted by atomic mass is 35.5.